The number of piperidine rings is 1. The van der Waals surface area contributed by atoms with Crippen molar-refractivity contribution in [3.8, 4) is 16.9 Å². The topological polar surface area (TPSA) is 58.6 Å². The minimum Gasteiger partial charge on any atom is -0.492 e. The molecule has 38 heavy (non-hydrogen) atoms. The Bertz CT molecular complexity index is 1440. The molecule has 6 nitrogen and oxygen atoms in total. The van der Waals surface area contributed by atoms with Crippen LogP contribution in [0.5, 0.6) is 5.75 Å². The highest BCUT2D eigenvalue weighted by Gasteiger charge is 2.30. The van der Waals surface area contributed by atoms with Gasteiger partial charge in [0.05, 0.1) is 29.9 Å². The van der Waals surface area contributed by atoms with Crippen LogP contribution >= 0.6 is 11.6 Å². The summed E-state index contributed by atoms with van der Waals surface area (Å²) in [7, 11) is 0. The molecule has 0 saturated carbocycles. The second kappa shape index (κ2) is 10.8. The Morgan fingerprint density at radius 1 is 0.895 bits per heavy atom. The van der Waals surface area contributed by atoms with Crippen molar-refractivity contribution in [3.05, 3.63) is 102 Å². The van der Waals surface area contributed by atoms with E-state index in [0.29, 0.717) is 29.7 Å². The summed E-state index contributed by atoms with van der Waals surface area (Å²) < 4.78 is 6.12. The number of nitrogens with zero attached hydrogens (tertiary/aromatic N) is 4. The number of amides is 1. The van der Waals surface area contributed by atoms with E-state index in [9.17, 15) is 4.79 Å². The third-order valence-electron chi connectivity index (χ3n) is 7.53. The summed E-state index contributed by atoms with van der Waals surface area (Å²) in [5.74, 6) is 1.36. The van der Waals surface area contributed by atoms with Crippen LogP contribution in [0.1, 0.15) is 35.2 Å². The number of carbonyl (C=O) groups excluding carboxylic acids is 1. The molecule has 1 amide bonds. The van der Waals surface area contributed by atoms with Crippen LogP contribution in [-0.4, -0.2) is 35.6 Å². The van der Waals surface area contributed by atoms with Gasteiger partial charge in [-0.25, -0.2) is 0 Å². The lowest BCUT2D eigenvalue weighted by atomic mass is 9.93. The van der Waals surface area contributed by atoms with Gasteiger partial charge >= 0.3 is 0 Å². The van der Waals surface area contributed by atoms with Crippen molar-refractivity contribution >= 4 is 28.9 Å². The summed E-state index contributed by atoms with van der Waals surface area (Å²) in [5, 5.41) is 0.500. The van der Waals surface area contributed by atoms with E-state index >= 15 is 0 Å². The summed E-state index contributed by atoms with van der Waals surface area (Å²) in [6.07, 6.45) is 10.7. The zero-order valence-corrected chi connectivity index (χ0v) is 21.8. The van der Waals surface area contributed by atoms with E-state index in [2.05, 4.69) is 27.0 Å². The molecule has 192 valence electrons. The summed E-state index contributed by atoms with van der Waals surface area (Å²) in [4.78, 5) is 25.8. The molecule has 2 aliphatic heterocycles. The summed E-state index contributed by atoms with van der Waals surface area (Å²) in [6, 6.07) is 19.8. The van der Waals surface area contributed by atoms with E-state index < -0.39 is 0 Å². The van der Waals surface area contributed by atoms with Crippen molar-refractivity contribution in [1.82, 2.24) is 9.97 Å². The fourth-order valence-corrected chi connectivity index (χ4v) is 5.69. The Morgan fingerprint density at radius 2 is 1.71 bits per heavy atom. The van der Waals surface area contributed by atoms with Gasteiger partial charge in [0.25, 0.3) is 5.91 Å². The zero-order valence-electron chi connectivity index (χ0n) is 21.1. The quantitative estimate of drug-likeness (QED) is 0.271. The Kier molecular flexibility index (Phi) is 6.97. The van der Waals surface area contributed by atoms with E-state index in [-0.39, 0.29) is 5.91 Å². The molecule has 2 aromatic heterocycles. The number of aromatic nitrogens is 2. The fraction of sp³-hybridized carbons (Fsp3) is 0.258. The SMILES string of the molecule is O=C1c2c(Cl)cccc2CN1c1cccc(-c2cncc(OCCC3CCN(c4ccncc4)CC3)c2)c1. The molecule has 0 bridgehead atoms. The highest BCUT2D eigenvalue weighted by atomic mass is 35.5. The Morgan fingerprint density at radius 3 is 2.53 bits per heavy atom. The molecule has 0 spiro atoms. The lowest BCUT2D eigenvalue weighted by molar-refractivity contribution is 0.0997. The monoisotopic (exact) mass is 524 g/mol. The third-order valence-corrected chi connectivity index (χ3v) is 7.84. The van der Waals surface area contributed by atoms with Crippen LogP contribution < -0.4 is 14.5 Å². The maximum absolute atomic E-state index is 13.1. The van der Waals surface area contributed by atoms with Crippen molar-refractivity contribution in [2.24, 2.45) is 5.92 Å². The fourth-order valence-electron chi connectivity index (χ4n) is 5.41. The van der Waals surface area contributed by atoms with E-state index in [1.807, 2.05) is 61.1 Å². The summed E-state index contributed by atoms with van der Waals surface area (Å²) in [5.41, 5.74) is 5.58. The number of fused-ring (bicyclic) bond motifs is 1. The van der Waals surface area contributed by atoms with Crippen molar-refractivity contribution in [3.63, 3.8) is 0 Å². The van der Waals surface area contributed by atoms with E-state index in [1.54, 1.807) is 17.2 Å². The second-order valence-electron chi connectivity index (χ2n) is 9.90. The predicted molar refractivity (Wildman–Crippen MR) is 151 cm³/mol. The van der Waals surface area contributed by atoms with Gasteiger partial charge in [0.1, 0.15) is 5.75 Å². The predicted octanol–water partition coefficient (Wildman–Crippen LogP) is 6.64. The Labute approximate surface area is 227 Å². The number of hydrogen-bond acceptors (Lipinski definition) is 5. The molecule has 0 atom stereocenters. The van der Waals surface area contributed by atoms with Gasteiger partial charge in [0.15, 0.2) is 0 Å². The molecular weight excluding hydrogens is 496 g/mol. The van der Waals surface area contributed by atoms with Gasteiger partial charge in [-0.1, -0.05) is 35.9 Å². The molecule has 2 aliphatic rings. The molecule has 0 radical (unpaired) electrons. The van der Waals surface area contributed by atoms with Gasteiger partial charge < -0.3 is 14.5 Å². The average Bonchev–Trinajstić information content (AvgIpc) is 3.31. The maximum Gasteiger partial charge on any atom is 0.260 e. The van der Waals surface area contributed by atoms with Crippen LogP contribution in [0.25, 0.3) is 11.1 Å². The molecule has 0 aliphatic carbocycles. The number of rotatable bonds is 7. The van der Waals surface area contributed by atoms with Crippen LogP contribution in [0.2, 0.25) is 5.02 Å². The molecule has 4 heterocycles. The molecule has 1 saturated heterocycles. The second-order valence-corrected chi connectivity index (χ2v) is 10.3. The molecule has 0 unspecified atom stereocenters. The van der Waals surface area contributed by atoms with Crippen LogP contribution in [0.3, 0.4) is 0 Å². The maximum atomic E-state index is 13.1. The Hall–Kier alpha value is -3.90. The molecule has 2 aromatic carbocycles. The molecule has 0 N–H and O–H groups in total. The van der Waals surface area contributed by atoms with E-state index in [1.165, 1.54) is 18.5 Å². The number of benzene rings is 2. The first-order valence-electron chi connectivity index (χ1n) is 13.1. The van der Waals surface area contributed by atoms with Crippen molar-refractivity contribution in [2.75, 3.05) is 29.5 Å². The van der Waals surface area contributed by atoms with E-state index in [0.717, 1.165) is 47.6 Å². The van der Waals surface area contributed by atoms with E-state index in [4.69, 9.17) is 16.3 Å². The standard InChI is InChI=1S/C31H29ClN4O2/c32-29-6-2-4-24-21-36(31(37)30(24)29)27-5-1-3-23(17-27)25-18-28(20-34-19-25)38-16-11-22-9-14-35(15-10-22)26-7-12-33-13-8-26/h1-8,12-13,17-20,22H,9-11,14-16,21H2. The first kappa shape index (κ1) is 24.4. The van der Waals surface area contributed by atoms with Crippen LogP contribution in [0, 0.1) is 5.92 Å². The molecule has 6 rings (SSSR count). The lowest BCUT2D eigenvalue weighted by Crippen LogP contribution is -2.34. The van der Waals surface area contributed by atoms with Gasteiger partial charge in [0.2, 0.25) is 0 Å². The lowest BCUT2D eigenvalue weighted by Gasteiger charge is -2.33. The number of halogens is 1. The van der Waals surface area contributed by atoms with Crippen LogP contribution in [-0.2, 0) is 6.54 Å². The summed E-state index contributed by atoms with van der Waals surface area (Å²) in [6.45, 7) is 3.32. The normalized spacial score (nSPS) is 15.6. The number of hydrogen-bond donors (Lipinski definition) is 0. The van der Waals surface area contributed by atoms with Crippen molar-refractivity contribution < 1.29 is 9.53 Å². The number of anilines is 2. The van der Waals surface area contributed by atoms with Gasteiger partial charge in [-0.15, -0.1) is 0 Å². The molecule has 7 heteroatoms. The van der Waals surface area contributed by atoms with Gasteiger partial charge in [-0.2, -0.15) is 0 Å². The Balaban J connectivity index is 1.07. The van der Waals surface area contributed by atoms with Gasteiger partial charge in [-0.3, -0.25) is 14.8 Å². The number of carbonyl (C=O) groups is 1. The van der Waals surface area contributed by atoms with Crippen molar-refractivity contribution in [1.29, 1.82) is 0 Å². The number of pyridine rings is 2. The average molecular weight is 525 g/mol. The number of ether oxygens (including phenoxy) is 1. The smallest absolute Gasteiger partial charge is 0.260 e. The first-order valence-corrected chi connectivity index (χ1v) is 13.5. The van der Waals surface area contributed by atoms with Crippen LogP contribution in [0.15, 0.2) is 85.5 Å². The first-order chi connectivity index (χ1) is 18.7. The van der Waals surface area contributed by atoms with Gasteiger partial charge in [0, 0.05) is 48.6 Å². The van der Waals surface area contributed by atoms with Crippen LogP contribution in [0.4, 0.5) is 11.4 Å². The molecular formula is C31H29ClN4O2. The third kappa shape index (κ3) is 5.09. The highest BCUT2D eigenvalue weighted by Crippen LogP contribution is 2.34. The summed E-state index contributed by atoms with van der Waals surface area (Å²) >= 11 is 6.31. The minimum absolute atomic E-state index is 0.0652. The van der Waals surface area contributed by atoms with Crippen molar-refractivity contribution in [2.45, 2.75) is 25.8 Å². The molecule has 4 aromatic rings. The van der Waals surface area contributed by atoms with Gasteiger partial charge in [-0.05, 0) is 72.7 Å². The minimum atomic E-state index is -0.0652. The highest BCUT2D eigenvalue weighted by molar-refractivity contribution is 6.35. The largest absolute Gasteiger partial charge is 0.492 e. The molecule has 1 fully saturated rings. The zero-order chi connectivity index (χ0) is 25.9.